The number of nitrogens with two attached hydrogens (primary N) is 1. The zero-order chi connectivity index (χ0) is 13.5. The maximum Gasteiger partial charge on any atom is 0.235 e. The lowest BCUT2D eigenvalue weighted by molar-refractivity contribution is -0.133. The van der Waals surface area contributed by atoms with Gasteiger partial charge in [-0.25, -0.2) is 0 Å². The third-order valence-corrected chi connectivity index (χ3v) is 5.38. The van der Waals surface area contributed by atoms with Crippen molar-refractivity contribution >= 4 is 23.1 Å². The summed E-state index contributed by atoms with van der Waals surface area (Å²) in [6.45, 7) is 4.16. The summed E-state index contributed by atoms with van der Waals surface area (Å²) >= 11 is 5.08. The molecular formula is C14H23N3OS. The molecule has 0 aromatic carbocycles. The lowest BCUT2D eigenvalue weighted by Gasteiger charge is -2.32. The van der Waals surface area contributed by atoms with Crippen LogP contribution in [0, 0.1) is 5.41 Å². The number of hydrogen-bond donors (Lipinski definition) is 1. The highest BCUT2D eigenvalue weighted by Gasteiger charge is 2.55. The van der Waals surface area contributed by atoms with Gasteiger partial charge in [-0.3, -0.25) is 9.69 Å². The van der Waals surface area contributed by atoms with Crippen LogP contribution in [-0.2, 0) is 4.79 Å². The first-order valence-electron chi connectivity index (χ1n) is 7.47. The van der Waals surface area contributed by atoms with Crippen LogP contribution >= 0.6 is 12.2 Å². The van der Waals surface area contributed by atoms with Gasteiger partial charge < -0.3 is 10.6 Å². The number of likely N-dealkylation sites (tertiary alicyclic amines) is 2. The van der Waals surface area contributed by atoms with Gasteiger partial charge >= 0.3 is 0 Å². The van der Waals surface area contributed by atoms with Crippen LogP contribution in [0.3, 0.4) is 0 Å². The Balaban J connectivity index is 1.59. The average molecular weight is 281 g/mol. The van der Waals surface area contributed by atoms with Crippen LogP contribution in [0.25, 0.3) is 0 Å². The number of thiocarbonyl (C=S) groups is 1. The molecule has 4 nitrogen and oxygen atoms in total. The standard InChI is InChI=1S/C14H23N3OS/c15-12(19)14(5-6-14)13(18)17-9-4-11(10-17)16-7-2-1-3-8-16/h11H,1-10H2,(H2,15,19). The second-order valence-corrected chi connectivity index (χ2v) is 6.68. The molecule has 1 unspecified atom stereocenters. The lowest BCUT2D eigenvalue weighted by Crippen LogP contribution is -2.45. The molecule has 0 spiro atoms. The van der Waals surface area contributed by atoms with E-state index in [1.807, 2.05) is 4.90 Å². The molecule has 2 saturated heterocycles. The van der Waals surface area contributed by atoms with Gasteiger partial charge in [0.2, 0.25) is 5.91 Å². The van der Waals surface area contributed by atoms with Crippen LogP contribution in [0.15, 0.2) is 0 Å². The summed E-state index contributed by atoms with van der Waals surface area (Å²) in [5, 5.41) is 0. The molecule has 0 radical (unpaired) electrons. The predicted octanol–water partition coefficient (Wildman–Crippen LogP) is 1.14. The molecule has 0 aromatic rings. The Hall–Kier alpha value is -0.680. The van der Waals surface area contributed by atoms with Gasteiger partial charge in [0, 0.05) is 19.1 Å². The molecule has 0 bridgehead atoms. The summed E-state index contributed by atoms with van der Waals surface area (Å²) in [6, 6.07) is 0.561. The molecule has 1 aliphatic carbocycles. The maximum atomic E-state index is 12.5. The van der Waals surface area contributed by atoms with Crippen molar-refractivity contribution in [3.8, 4) is 0 Å². The van der Waals surface area contributed by atoms with Gasteiger partial charge in [-0.15, -0.1) is 0 Å². The summed E-state index contributed by atoms with van der Waals surface area (Å²) in [5.41, 5.74) is 5.29. The van der Waals surface area contributed by atoms with Gasteiger partial charge in [-0.1, -0.05) is 18.6 Å². The molecule has 1 atom stereocenters. The van der Waals surface area contributed by atoms with Crippen molar-refractivity contribution in [1.82, 2.24) is 9.80 Å². The molecule has 3 rings (SSSR count). The highest BCUT2D eigenvalue weighted by atomic mass is 32.1. The van der Waals surface area contributed by atoms with Crippen molar-refractivity contribution in [1.29, 1.82) is 0 Å². The van der Waals surface area contributed by atoms with E-state index in [-0.39, 0.29) is 5.91 Å². The Morgan fingerprint density at radius 2 is 1.84 bits per heavy atom. The fourth-order valence-electron chi connectivity index (χ4n) is 3.50. The molecule has 3 fully saturated rings. The van der Waals surface area contributed by atoms with Gasteiger partial charge in [0.25, 0.3) is 0 Å². The Bertz CT molecular complexity index is 388. The minimum absolute atomic E-state index is 0.194. The van der Waals surface area contributed by atoms with Crippen molar-refractivity contribution < 1.29 is 4.79 Å². The minimum atomic E-state index is -0.466. The Kier molecular flexibility index (Phi) is 3.52. The number of amides is 1. The quantitative estimate of drug-likeness (QED) is 0.788. The fourth-order valence-corrected chi connectivity index (χ4v) is 3.79. The van der Waals surface area contributed by atoms with Gasteiger partial charge in [0.05, 0.1) is 10.4 Å². The van der Waals surface area contributed by atoms with Crippen LogP contribution in [0.2, 0.25) is 0 Å². The number of nitrogens with zero attached hydrogens (tertiary/aromatic N) is 2. The average Bonchev–Trinajstić information content (AvgIpc) is 3.10. The fraction of sp³-hybridized carbons (Fsp3) is 0.857. The van der Waals surface area contributed by atoms with Crippen molar-refractivity contribution in [2.75, 3.05) is 26.2 Å². The topological polar surface area (TPSA) is 49.6 Å². The van der Waals surface area contributed by atoms with Crippen molar-refractivity contribution in [2.45, 2.75) is 44.6 Å². The largest absolute Gasteiger partial charge is 0.392 e. The molecular weight excluding hydrogens is 258 g/mol. The normalized spacial score (nSPS) is 30.3. The molecule has 0 aromatic heterocycles. The molecule has 1 amide bonds. The van der Waals surface area contributed by atoms with Gasteiger partial charge in [0.1, 0.15) is 0 Å². The van der Waals surface area contributed by atoms with E-state index in [0.29, 0.717) is 11.0 Å². The summed E-state index contributed by atoms with van der Waals surface area (Å²) in [5.74, 6) is 0.194. The smallest absolute Gasteiger partial charge is 0.235 e. The number of piperidine rings is 1. The van der Waals surface area contributed by atoms with Crippen LogP contribution in [-0.4, -0.2) is 52.9 Å². The second kappa shape index (κ2) is 5.02. The number of rotatable bonds is 3. The van der Waals surface area contributed by atoms with Gasteiger partial charge in [-0.2, -0.15) is 0 Å². The first-order valence-corrected chi connectivity index (χ1v) is 7.88. The molecule has 1 saturated carbocycles. The van der Waals surface area contributed by atoms with E-state index < -0.39 is 5.41 Å². The van der Waals surface area contributed by atoms with Gasteiger partial charge in [0.15, 0.2) is 0 Å². The molecule has 2 heterocycles. The molecule has 3 aliphatic rings. The molecule has 19 heavy (non-hydrogen) atoms. The van der Waals surface area contributed by atoms with Crippen LogP contribution in [0.5, 0.6) is 0 Å². The number of hydrogen-bond acceptors (Lipinski definition) is 3. The molecule has 2 aliphatic heterocycles. The first-order chi connectivity index (χ1) is 9.13. The Morgan fingerprint density at radius 1 is 1.16 bits per heavy atom. The van der Waals surface area contributed by atoms with Crippen LogP contribution < -0.4 is 5.73 Å². The lowest BCUT2D eigenvalue weighted by atomic mass is 10.1. The van der Waals surface area contributed by atoms with Crippen LogP contribution in [0.1, 0.15) is 38.5 Å². The zero-order valence-corrected chi connectivity index (χ0v) is 12.3. The number of carbonyl (C=O) groups is 1. The molecule has 106 valence electrons. The van der Waals surface area contributed by atoms with E-state index in [2.05, 4.69) is 4.90 Å². The highest BCUT2D eigenvalue weighted by Crippen LogP contribution is 2.48. The Labute approximate surface area is 120 Å². The zero-order valence-electron chi connectivity index (χ0n) is 11.4. The monoisotopic (exact) mass is 281 g/mol. The van der Waals surface area contributed by atoms with E-state index in [1.165, 1.54) is 32.4 Å². The maximum absolute atomic E-state index is 12.5. The van der Waals surface area contributed by atoms with E-state index >= 15 is 0 Å². The molecule has 5 heteroatoms. The summed E-state index contributed by atoms with van der Waals surface area (Å²) < 4.78 is 0. The summed E-state index contributed by atoms with van der Waals surface area (Å²) in [7, 11) is 0. The van der Waals surface area contributed by atoms with Crippen molar-refractivity contribution in [3.63, 3.8) is 0 Å². The third-order valence-electron chi connectivity index (χ3n) is 4.99. The molecule has 2 N–H and O–H groups in total. The van der Waals surface area contributed by atoms with E-state index in [1.54, 1.807) is 0 Å². The van der Waals surface area contributed by atoms with Gasteiger partial charge in [-0.05, 0) is 45.2 Å². The number of carbonyl (C=O) groups excluding carboxylic acids is 1. The summed E-state index contributed by atoms with van der Waals surface area (Å²) in [6.07, 6.45) is 6.79. The van der Waals surface area contributed by atoms with Crippen molar-refractivity contribution in [3.05, 3.63) is 0 Å². The van der Waals surface area contributed by atoms with E-state index in [4.69, 9.17) is 18.0 Å². The third kappa shape index (κ3) is 2.38. The van der Waals surface area contributed by atoms with Crippen LogP contribution in [0.4, 0.5) is 0 Å². The van der Waals surface area contributed by atoms with Crippen molar-refractivity contribution in [2.24, 2.45) is 11.1 Å². The SMILES string of the molecule is NC(=S)C1(C(=O)N2CCC(N3CCCCC3)C2)CC1. The summed E-state index contributed by atoms with van der Waals surface area (Å²) in [4.78, 5) is 17.5. The van der Waals surface area contributed by atoms with E-state index in [9.17, 15) is 4.79 Å². The predicted molar refractivity (Wildman–Crippen MR) is 78.9 cm³/mol. The minimum Gasteiger partial charge on any atom is -0.392 e. The first kappa shape index (κ1) is 13.3. The van der Waals surface area contributed by atoms with E-state index in [0.717, 1.165) is 32.4 Å². The Morgan fingerprint density at radius 3 is 2.42 bits per heavy atom. The highest BCUT2D eigenvalue weighted by molar-refractivity contribution is 7.80. The second-order valence-electron chi connectivity index (χ2n) is 6.24.